The summed E-state index contributed by atoms with van der Waals surface area (Å²) >= 11 is 0. The van der Waals surface area contributed by atoms with Crippen LogP contribution in [0.3, 0.4) is 0 Å². The molecule has 0 spiro atoms. The zero-order valence-electron chi connectivity index (χ0n) is 23.3. The lowest BCUT2D eigenvalue weighted by Crippen LogP contribution is -2.50. The quantitative estimate of drug-likeness (QED) is 0.0266. The highest BCUT2D eigenvalue weighted by Gasteiger charge is 2.29. The van der Waals surface area contributed by atoms with Gasteiger partial charge in [0.1, 0.15) is 12.1 Å². The molecule has 0 heterocycles. The van der Waals surface area contributed by atoms with E-state index in [4.69, 9.17) is 31.6 Å². The number of carboxylic acid groups (broad SMARTS) is 6. The van der Waals surface area contributed by atoms with Gasteiger partial charge in [-0.3, -0.25) is 48.9 Å². The van der Waals surface area contributed by atoms with Crippen molar-refractivity contribution in [2.75, 3.05) is 58.9 Å². The van der Waals surface area contributed by atoms with Gasteiger partial charge in [-0.2, -0.15) is 0 Å². The van der Waals surface area contributed by atoms with Crippen LogP contribution in [-0.2, 0) is 33.6 Å². The van der Waals surface area contributed by atoms with Gasteiger partial charge in [0, 0.05) is 39.1 Å². The van der Waals surface area contributed by atoms with Crippen molar-refractivity contribution < 1.29 is 64.2 Å². The second-order valence-corrected chi connectivity index (χ2v) is 9.37. The van der Waals surface area contributed by atoms with Crippen LogP contribution in [0.15, 0.2) is 0 Å². The van der Waals surface area contributed by atoms with Gasteiger partial charge in [-0.15, -0.1) is 0 Å². The first-order chi connectivity index (χ1) is 20.0. The van der Waals surface area contributed by atoms with Gasteiger partial charge in [-0.1, -0.05) is 0 Å². The molecule has 0 radical (unpaired) electrons. The van der Waals surface area contributed by atoms with Crippen LogP contribution in [0, 0.1) is 5.41 Å². The zero-order valence-corrected chi connectivity index (χ0v) is 23.3. The molecule has 20 nitrogen and oxygen atoms in total. The van der Waals surface area contributed by atoms with Gasteiger partial charge in [0.05, 0.1) is 26.2 Å². The van der Waals surface area contributed by atoms with Crippen LogP contribution < -0.4 is 16.4 Å². The van der Waals surface area contributed by atoms with Crippen LogP contribution in [0.2, 0.25) is 0 Å². The molecule has 43 heavy (non-hydrogen) atoms. The van der Waals surface area contributed by atoms with Crippen molar-refractivity contribution in [3.8, 4) is 0 Å². The lowest BCUT2D eigenvalue weighted by molar-refractivity contribution is -0.146. The molecule has 1 amide bonds. The summed E-state index contributed by atoms with van der Waals surface area (Å²) in [5.41, 5.74) is 5.15. The van der Waals surface area contributed by atoms with Crippen molar-refractivity contribution in [2.45, 2.75) is 37.8 Å². The number of guanidine groups is 1. The second-order valence-electron chi connectivity index (χ2n) is 9.37. The van der Waals surface area contributed by atoms with E-state index in [9.17, 15) is 43.8 Å². The molecule has 0 aliphatic carbocycles. The first kappa shape index (κ1) is 38.4. The Bertz CT molecular complexity index is 938. The summed E-state index contributed by atoms with van der Waals surface area (Å²) in [6.45, 7) is -3.63. The summed E-state index contributed by atoms with van der Waals surface area (Å²) in [5, 5.41) is 67.5. The number of carbonyl (C=O) groups is 7. The number of nitrogens with zero attached hydrogens (tertiary/aromatic N) is 3. The fourth-order valence-corrected chi connectivity index (χ4v) is 3.94. The number of nitrogens with two attached hydrogens (primary N) is 1. The lowest BCUT2D eigenvalue weighted by atomic mass is 10.1. The number of rotatable bonds is 25. The molecule has 20 heteroatoms. The minimum absolute atomic E-state index is 0.0260. The molecule has 1 unspecified atom stereocenters. The molecule has 0 aromatic heterocycles. The fourth-order valence-electron chi connectivity index (χ4n) is 3.94. The minimum Gasteiger partial charge on any atom is -0.480 e. The van der Waals surface area contributed by atoms with Crippen LogP contribution in [-0.4, -0.2) is 164 Å². The predicted molar refractivity (Wildman–Crippen MR) is 144 cm³/mol. The van der Waals surface area contributed by atoms with Crippen molar-refractivity contribution in [3.05, 3.63) is 0 Å². The van der Waals surface area contributed by atoms with Crippen molar-refractivity contribution in [3.63, 3.8) is 0 Å². The van der Waals surface area contributed by atoms with Crippen molar-refractivity contribution in [1.29, 1.82) is 5.41 Å². The summed E-state index contributed by atoms with van der Waals surface area (Å²) in [5.74, 6) is -9.29. The maximum Gasteiger partial charge on any atom is 0.326 e. The summed E-state index contributed by atoms with van der Waals surface area (Å²) in [4.78, 5) is 84.2. The number of hydrogen-bond acceptors (Lipinski definition) is 11. The van der Waals surface area contributed by atoms with Gasteiger partial charge in [0.15, 0.2) is 5.96 Å². The molecule has 0 aliphatic rings. The van der Waals surface area contributed by atoms with Gasteiger partial charge in [-0.25, -0.2) is 4.79 Å². The molecule has 11 N–H and O–H groups in total. The highest BCUT2D eigenvalue weighted by atomic mass is 16.4. The molecule has 244 valence electrons. The number of aliphatic carboxylic acids is 6. The molecule has 0 aromatic rings. The average molecular weight is 622 g/mol. The maximum atomic E-state index is 12.5. The van der Waals surface area contributed by atoms with E-state index < -0.39 is 86.4 Å². The van der Waals surface area contributed by atoms with Crippen molar-refractivity contribution in [2.24, 2.45) is 5.73 Å². The number of carbonyl (C=O) groups excluding carboxylic acids is 1. The van der Waals surface area contributed by atoms with E-state index in [0.29, 0.717) is 0 Å². The monoisotopic (exact) mass is 621 g/mol. The first-order valence-corrected chi connectivity index (χ1v) is 12.9. The van der Waals surface area contributed by atoms with Gasteiger partial charge in [0.25, 0.3) is 0 Å². The van der Waals surface area contributed by atoms with Crippen LogP contribution in [0.5, 0.6) is 0 Å². The van der Waals surface area contributed by atoms with Crippen LogP contribution in [0.4, 0.5) is 0 Å². The van der Waals surface area contributed by atoms with Crippen LogP contribution >= 0.6 is 0 Å². The summed E-state index contributed by atoms with van der Waals surface area (Å²) in [6, 6.07) is -2.77. The van der Waals surface area contributed by atoms with Gasteiger partial charge in [0.2, 0.25) is 5.91 Å². The highest BCUT2D eigenvalue weighted by molar-refractivity contribution is 5.84. The third-order valence-electron chi connectivity index (χ3n) is 5.83. The minimum atomic E-state index is -1.46. The van der Waals surface area contributed by atoms with Crippen molar-refractivity contribution in [1.82, 2.24) is 25.3 Å². The lowest BCUT2D eigenvalue weighted by Gasteiger charge is -2.32. The summed E-state index contributed by atoms with van der Waals surface area (Å²) in [6.07, 6.45) is -0.642. The smallest absolute Gasteiger partial charge is 0.326 e. The summed E-state index contributed by atoms with van der Waals surface area (Å²) < 4.78 is 0. The molecule has 0 fully saturated rings. The maximum absolute atomic E-state index is 12.5. The van der Waals surface area contributed by atoms with E-state index in [1.54, 1.807) is 0 Å². The average Bonchev–Trinajstić information content (AvgIpc) is 2.84. The Morgan fingerprint density at radius 2 is 1.12 bits per heavy atom. The Kier molecular flexibility index (Phi) is 18.2. The Morgan fingerprint density at radius 1 is 0.674 bits per heavy atom. The van der Waals surface area contributed by atoms with E-state index in [2.05, 4.69) is 10.6 Å². The molecule has 0 saturated carbocycles. The first-order valence-electron chi connectivity index (χ1n) is 12.9. The Labute approximate surface area is 245 Å². The largest absolute Gasteiger partial charge is 0.480 e. The zero-order chi connectivity index (χ0) is 33.1. The Morgan fingerprint density at radius 3 is 1.47 bits per heavy atom. The van der Waals surface area contributed by atoms with E-state index in [0.717, 1.165) is 9.80 Å². The standard InChI is InChI=1S/C23H39N7O13/c24-23(25)26-5-1-2-14(21(40)41)27-16(31)4-3-15(22(42)43)30(8-6-28(10-17(32)33)11-18(34)35)9-7-29(12-19(36)37)13-20(38)39/h14-15H,1-13H2,(H,27,31)(H,32,33)(H,34,35)(H,36,37)(H,38,39)(H,40,41)(H,42,43)(H4,24,25,26)/t14?,15-/m0/s1. The molecule has 0 rings (SSSR count). The SMILES string of the molecule is N=C(N)NCCCC(NC(=O)CC[C@@H](C(=O)O)N(CCN(CC(=O)O)CC(=O)O)CCN(CC(=O)O)CC(=O)O)C(=O)O. The van der Waals surface area contributed by atoms with E-state index in [1.807, 2.05) is 0 Å². The molecular formula is C23H39N7O13. The van der Waals surface area contributed by atoms with E-state index >= 15 is 0 Å². The van der Waals surface area contributed by atoms with E-state index in [-0.39, 0.29) is 57.9 Å². The predicted octanol–water partition coefficient (Wildman–Crippen LogP) is -3.70. The Hall–Kier alpha value is -4.56. The third kappa shape index (κ3) is 19.2. The van der Waals surface area contributed by atoms with Crippen LogP contribution in [0.1, 0.15) is 25.7 Å². The normalized spacial score (nSPS) is 12.4. The Balaban J connectivity index is 5.72. The molecule has 0 saturated heterocycles. The van der Waals surface area contributed by atoms with Crippen LogP contribution in [0.25, 0.3) is 0 Å². The third-order valence-corrected chi connectivity index (χ3v) is 5.83. The molecule has 0 aliphatic heterocycles. The molecule has 0 aromatic carbocycles. The van der Waals surface area contributed by atoms with Crippen molar-refractivity contribution >= 4 is 47.7 Å². The fraction of sp³-hybridized carbons (Fsp3) is 0.652. The van der Waals surface area contributed by atoms with E-state index in [1.165, 1.54) is 4.90 Å². The van der Waals surface area contributed by atoms with Gasteiger partial charge >= 0.3 is 35.8 Å². The number of amides is 1. The number of nitrogens with one attached hydrogen (secondary N) is 3. The molecule has 0 bridgehead atoms. The summed E-state index contributed by atoms with van der Waals surface area (Å²) in [7, 11) is 0. The number of hydrogen-bond donors (Lipinski definition) is 10. The highest BCUT2D eigenvalue weighted by Crippen LogP contribution is 2.11. The molecular weight excluding hydrogens is 582 g/mol. The second kappa shape index (κ2) is 20.3. The number of carboxylic acids is 6. The topological polar surface area (TPSA) is 325 Å². The molecule has 2 atom stereocenters. The van der Waals surface area contributed by atoms with Gasteiger partial charge < -0.3 is 47.0 Å². The van der Waals surface area contributed by atoms with Gasteiger partial charge in [-0.05, 0) is 19.3 Å².